The quantitative estimate of drug-likeness (QED) is 0.548. The Hall–Kier alpha value is -2.79. The molecule has 0 saturated carbocycles. The molecule has 0 atom stereocenters. The van der Waals surface area contributed by atoms with E-state index in [1.807, 2.05) is 18.2 Å². The molecule has 1 amide bonds. The molecule has 146 valence electrons. The van der Waals surface area contributed by atoms with Crippen LogP contribution in [0.15, 0.2) is 54.7 Å². The SMILES string of the molecule is O=C(CNCCc1c[nH]c2ccccc12)Nc1ccc(N2CCCCC2)cc1. The number of anilines is 2. The number of hydrogen-bond acceptors (Lipinski definition) is 3. The second kappa shape index (κ2) is 8.93. The number of aromatic amines is 1. The lowest BCUT2D eigenvalue weighted by molar-refractivity contribution is -0.115. The molecule has 1 aromatic heterocycles. The van der Waals surface area contributed by atoms with Gasteiger partial charge in [0.2, 0.25) is 5.91 Å². The normalized spacial score (nSPS) is 14.4. The van der Waals surface area contributed by atoms with Gasteiger partial charge in [0.05, 0.1) is 6.54 Å². The summed E-state index contributed by atoms with van der Waals surface area (Å²) in [4.78, 5) is 17.9. The van der Waals surface area contributed by atoms with Crippen molar-refractivity contribution >= 4 is 28.2 Å². The molecule has 0 bridgehead atoms. The zero-order valence-corrected chi connectivity index (χ0v) is 16.2. The van der Waals surface area contributed by atoms with Gasteiger partial charge in [-0.1, -0.05) is 18.2 Å². The van der Waals surface area contributed by atoms with Crippen LogP contribution in [-0.4, -0.2) is 37.1 Å². The molecule has 4 rings (SSSR count). The number of hydrogen-bond donors (Lipinski definition) is 3. The molecule has 2 heterocycles. The first-order valence-electron chi connectivity index (χ1n) is 10.2. The predicted octanol–water partition coefficient (Wildman–Crippen LogP) is 3.93. The third kappa shape index (κ3) is 4.54. The highest BCUT2D eigenvalue weighted by atomic mass is 16.1. The number of H-pyrrole nitrogens is 1. The number of rotatable bonds is 7. The van der Waals surface area contributed by atoms with Crippen molar-refractivity contribution in [1.82, 2.24) is 10.3 Å². The minimum Gasteiger partial charge on any atom is -0.372 e. The van der Waals surface area contributed by atoms with Gasteiger partial charge in [0.25, 0.3) is 0 Å². The summed E-state index contributed by atoms with van der Waals surface area (Å²) < 4.78 is 0. The maximum atomic E-state index is 12.2. The van der Waals surface area contributed by atoms with Gasteiger partial charge in [0.1, 0.15) is 0 Å². The summed E-state index contributed by atoms with van der Waals surface area (Å²) in [6, 6.07) is 16.5. The van der Waals surface area contributed by atoms with Crippen LogP contribution in [0.4, 0.5) is 11.4 Å². The molecule has 5 heteroatoms. The highest BCUT2D eigenvalue weighted by molar-refractivity contribution is 5.92. The van der Waals surface area contributed by atoms with Gasteiger partial charge in [-0.05, 0) is 68.1 Å². The van der Waals surface area contributed by atoms with Gasteiger partial charge in [-0.15, -0.1) is 0 Å². The number of nitrogens with one attached hydrogen (secondary N) is 3. The first kappa shape index (κ1) is 18.6. The zero-order chi connectivity index (χ0) is 19.2. The third-order valence-electron chi connectivity index (χ3n) is 5.40. The third-order valence-corrected chi connectivity index (χ3v) is 5.40. The van der Waals surface area contributed by atoms with Crippen LogP contribution in [-0.2, 0) is 11.2 Å². The molecule has 5 nitrogen and oxygen atoms in total. The van der Waals surface area contributed by atoms with E-state index in [1.54, 1.807) is 0 Å². The number of piperidine rings is 1. The lowest BCUT2D eigenvalue weighted by Gasteiger charge is -2.28. The zero-order valence-electron chi connectivity index (χ0n) is 16.2. The van der Waals surface area contributed by atoms with Crippen molar-refractivity contribution in [3.05, 3.63) is 60.3 Å². The molecule has 2 aromatic carbocycles. The van der Waals surface area contributed by atoms with Crippen LogP contribution in [0, 0.1) is 0 Å². The Morgan fingerprint density at radius 3 is 2.61 bits per heavy atom. The van der Waals surface area contributed by atoms with E-state index in [0.717, 1.165) is 37.3 Å². The van der Waals surface area contributed by atoms with Gasteiger partial charge in [-0.25, -0.2) is 0 Å². The van der Waals surface area contributed by atoms with Gasteiger partial charge in [-0.2, -0.15) is 0 Å². The van der Waals surface area contributed by atoms with Crippen molar-refractivity contribution in [2.45, 2.75) is 25.7 Å². The number of fused-ring (bicyclic) bond motifs is 1. The number of carbonyl (C=O) groups is 1. The first-order chi connectivity index (χ1) is 13.8. The number of benzene rings is 2. The van der Waals surface area contributed by atoms with Gasteiger partial charge < -0.3 is 20.5 Å². The average Bonchev–Trinajstić information content (AvgIpc) is 3.16. The molecule has 0 aliphatic carbocycles. The first-order valence-corrected chi connectivity index (χ1v) is 10.2. The fourth-order valence-electron chi connectivity index (χ4n) is 3.88. The van der Waals surface area contributed by atoms with Crippen LogP contribution in [0.2, 0.25) is 0 Å². The minimum absolute atomic E-state index is 0.00958. The summed E-state index contributed by atoms with van der Waals surface area (Å²) in [6.07, 6.45) is 6.81. The van der Waals surface area contributed by atoms with Crippen molar-refractivity contribution in [3.8, 4) is 0 Å². The Labute approximate surface area is 166 Å². The van der Waals surface area contributed by atoms with Crippen molar-refractivity contribution < 1.29 is 4.79 Å². The molecule has 1 saturated heterocycles. The molecule has 0 spiro atoms. The lowest BCUT2D eigenvalue weighted by Crippen LogP contribution is -2.30. The number of aromatic nitrogens is 1. The fourth-order valence-corrected chi connectivity index (χ4v) is 3.88. The van der Waals surface area contributed by atoms with Crippen molar-refractivity contribution in [2.75, 3.05) is 36.4 Å². The summed E-state index contributed by atoms with van der Waals surface area (Å²) in [7, 11) is 0. The highest BCUT2D eigenvalue weighted by Crippen LogP contribution is 2.22. The Balaban J connectivity index is 1.21. The van der Waals surface area contributed by atoms with E-state index >= 15 is 0 Å². The van der Waals surface area contributed by atoms with E-state index in [-0.39, 0.29) is 5.91 Å². The van der Waals surface area contributed by atoms with Crippen LogP contribution in [0.3, 0.4) is 0 Å². The minimum atomic E-state index is -0.00958. The van der Waals surface area contributed by atoms with Crippen molar-refractivity contribution in [3.63, 3.8) is 0 Å². The maximum Gasteiger partial charge on any atom is 0.238 e. The van der Waals surface area contributed by atoms with Crippen LogP contribution in [0.25, 0.3) is 10.9 Å². The summed E-state index contributed by atoms with van der Waals surface area (Å²) in [5, 5.41) is 7.46. The summed E-state index contributed by atoms with van der Waals surface area (Å²) in [6.45, 7) is 3.34. The predicted molar refractivity (Wildman–Crippen MR) is 116 cm³/mol. The molecule has 28 heavy (non-hydrogen) atoms. The Morgan fingerprint density at radius 2 is 1.79 bits per heavy atom. The second-order valence-electron chi connectivity index (χ2n) is 7.43. The molecule has 1 aliphatic rings. The van der Waals surface area contributed by atoms with Gasteiger partial charge in [-0.3, -0.25) is 4.79 Å². The van der Waals surface area contributed by atoms with E-state index in [9.17, 15) is 4.79 Å². The maximum absolute atomic E-state index is 12.2. The van der Waals surface area contributed by atoms with E-state index < -0.39 is 0 Å². The lowest BCUT2D eigenvalue weighted by atomic mass is 10.1. The summed E-state index contributed by atoms with van der Waals surface area (Å²) in [5.74, 6) is -0.00958. The second-order valence-corrected chi connectivity index (χ2v) is 7.43. The Bertz CT molecular complexity index is 910. The molecule has 0 radical (unpaired) electrons. The topological polar surface area (TPSA) is 60.2 Å². The molecule has 3 aromatic rings. The monoisotopic (exact) mass is 376 g/mol. The van der Waals surface area contributed by atoms with Gasteiger partial charge >= 0.3 is 0 Å². The summed E-state index contributed by atoms with van der Waals surface area (Å²) >= 11 is 0. The number of amides is 1. The van der Waals surface area contributed by atoms with E-state index in [0.29, 0.717) is 6.54 Å². The van der Waals surface area contributed by atoms with Gasteiger partial charge in [0, 0.05) is 41.6 Å². The average molecular weight is 377 g/mol. The molecule has 3 N–H and O–H groups in total. The smallest absolute Gasteiger partial charge is 0.238 e. The fraction of sp³-hybridized carbons (Fsp3) is 0.348. The highest BCUT2D eigenvalue weighted by Gasteiger charge is 2.11. The molecular formula is C23H28N4O. The largest absolute Gasteiger partial charge is 0.372 e. The van der Waals surface area contributed by atoms with Crippen LogP contribution in [0.1, 0.15) is 24.8 Å². The number of para-hydroxylation sites is 1. The van der Waals surface area contributed by atoms with Gasteiger partial charge in [0.15, 0.2) is 0 Å². The Morgan fingerprint density at radius 1 is 1.00 bits per heavy atom. The van der Waals surface area contributed by atoms with Crippen LogP contribution >= 0.6 is 0 Å². The van der Waals surface area contributed by atoms with Crippen molar-refractivity contribution in [2.24, 2.45) is 0 Å². The van der Waals surface area contributed by atoms with Crippen LogP contribution < -0.4 is 15.5 Å². The molecular weight excluding hydrogens is 348 g/mol. The number of carbonyl (C=O) groups excluding carboxylic acids is 1. The molecule has 0 unspecified atom stereocenters. The summed E-state index contributed by atoms with van der Waals surface area (Å²) in [5.41, 5.74) is 4.53. The van der Waals surface area contributed by atoms with E-state index in [2.05, 4.69) is 57.0 Å². The van der Waals surface area contributed by atoms with Crippen molar-refractivity contribution in [1.29, 1.82) is 0 Å². The van der Waals surface area contributed by atoms with E-state index in [1.165, 1.54) is 35.9 Å². The molecule has 1 fully saturated rings. The number of nitrogens with zero attached hydrogens (tertiary/aromatic N) is 1. The van der Waals surface area contributed by atoms with E-state index in [4.69, 9.17) is 0 Å². The van der Waals surface area contributed by atoms with Crippen LogP contribution in [0.5, 0.6) is 0 Å². The Kier molecular flexibility index (Phi) is 5.92. The molecule has 1 aliphatic heterocycles. The standard InChI is InChI=1S/C23H28N4O/c28-23(17-24-13-12-18-16-25-22-7-3-2-6-21(18)22)26-19-8-10-20(11-9-19)27-14-4-1-5-15-27/h2-3,6-11,16,24-25H,1,4-5,12-15,17H2,(H,26,28).